The SMILES string of the molecule is O=S1(=O)CC(Oc2ccc(C3CCCCN3)cc2Cl)C1. The van der Waals surface area contributed by atoms with Gasteiger partial charge in [0.05, 0.1) is 16.5 Å². The van der Waals surface area contributed by atoms with Gasteiger partial charge in [-0.25, -0.2) is 8.42 Å². The van der Waals surface area contributed by atoms with E-state index in [-0.39, 0.29) is 17.6 Å². The summed E-state index contributed by atoms with van der Waals surface area (Å²) in [5, 5.41) is 4.03. The van der Waals surface area contributed by atoms with Crippen LogP contribution >= 0.6 is 11.6 Å². The Bertz CT molecular complexity index is 584. The first kappa shape index (κ1) is 14.2. The van der Waals surface area contributed by atoms with Crippen LogP contribution in [0.3, 0.4) is 0 Å². The zero-order valence-electron chi connectivity index (χ0n) is 11.1. The van der Waals surface area contributed by atoms with Crippen LogP contribution < -0.4 is 10.1 Å². The van der Waals surface area contributed by atoms with Crippen LogP contribution in [0.2, 0.25) is 5.02 Å². The van der Waals surface area contributed by atoms with Gasteiger partial charge in [-0.05, 0) is 37.1 Å². The van der Waals surface area contributed by atoms with E-state index < -0.39 is 9.84 Å². The fraction of sp³-hybridized carbons (Fsp3) is 0.571. The third-order valence-corrected chi connectivity index (χ3v) is 5.90. The van der Waals surface area contributed by atoms with Crippen molar-refractivity contribution in [3.05, 3.63) is 28.8 Å². The van der Waals surface area contributed by atoms with E-state index in [1.807, 2.05) is 18.2 Å². The summed E-state index contributed by atoms with van der Waals surface area (Å²) in [4.78, 5) is 0. The minimum atomic E-state index is -2.87. The van der Waals surface area contributed by atoms with E-state index in [0.29, 0.717) is 16.8 Å². The largest absolute Gasteiger partial charge is 0.487 e. The van der Waals surface area contributed by atoms with Crippen molar-refractivity contribution in [2.75, 3.05) is 18.1 Å². The summed E-state index contributed by atoms with van der Waals surface area (Å²) in [5.41, 5.74) is 1.17. The van der Waals surface area contributed by atoms with Gasteiger partial charge in [0.1, 0.15) is 11.9 Å². The number of hydrogen-bond acceptors (Lipinski definition) is 4. The maximum Gasteiger partial charge on any atom is 0.157 e. The topological polar surface area (TPSA) is 55.4 Å². The zero-order chi connectivity index (χ0) is 14.2. The second kappa shape index (κ2) is 5.54. The smallest absolute Gasteiger partial charge is 0.157 e. The Balaban J connectivity index is 1.68. The average Bonchev–Trinajstić information content (AvgIpc) is 2.40. The van der Waals surface area contributed by atoms with Crippen molar-refractivity contribution in [2.45, 2.75) is 31.4 Å². The Hall–Kier alpha value is -0.780. The van der Waals surface area contributed by atoms with Gasteiger partial charge in [0.15, 0.2) is 9.84 Å². The number of sulfone groups is 1. The molecular weight excluding hydrogens is 298 g/mol. The van der Waals surface area contributed by atoms with Crippen LogP contribution in [0.4, 0.5) is 0 Å². The Labute approximate surface area is 124 Å². The maximum absolute atomic E-state index is 11.1. The lowest BCUT2D eigenvalue weighted by atomic mass is 9.97. The van der Waals surface area contributed by atoms with Crippen LogP contribution in [0.5, 0.6) is 5.75 Å². The summed E-state index contributed by atoms with van der Waals surface area (Å²) in [5.74, 6) is 0.760. The minimum Gasteiger partial charge on any atom is -0.487 e. The fourth-order valence-corrected chi connectivity index (χ4v) is 4.14. The van der Waals surface area contributed by atoms with Crippen molar-refractivity contribution in [3.63, 3.8) is 0 Å². The van der Waals surface area contributed by atoms with Crippen molar-refractivity contribution in [1.29, 1.82) is 0 Å². The standard InChI is InChI=1S/C14H18ClNO3S/c15-12-7-10(13-3-1-2-6-16-13)4-5-14(12)19-11-8-20(17,18)9-11/h4-5,7,11,13,16H,1-3,6,8-9H2. The third kappa shape index (κ3) is 3.10. The third-order valence-electron chi connectivity index (χ3n) is 3.84. The van der Waals surface area contributed by atoms with E-state index in [1.54, 1.807) is 0 Å². The Morgan fingerprint density at radius 2 is 2.05 bits per heavy atom. The van der Waals surface area contributed by atoms with Crippen molar-refractivity contribution >= 4 is 21.4 Å². The van der Waals surface area contributed by atoms with E-state index in [9.17, 15) is 8.42 Å². The van der Waals surface area contributed by atoms with Crippen molar-refractivity contribution in [3.8, 4) is 5.75 Å². The van der Waals surface area contributed by atoms with E-state index in [0.717, 1.165) is 13.0 Å². The molecular formula is C14H18ClNO3S. The molecule has 2 aliphatic rings. The molecule has 0 radical (unpaired) electrons. The first-order valence-corrected chi connectivity index (χ1v) is 9.13. The number of hydrogen-bond donors (Lipinski definition) is 1. The number of ether oxygens (including phenoxy) is 1. The molecule has 1 atom stereocenters. The molecule has 0 bridgehead atoms. The van der Waals surface area contributed by atoms with Crippen molar-refractivity contribution in [1.82, 2.24) is 5.32 Å². The molecule has 2 fully saturated rings. The van der Waals surface area contributed by atoms with E-state index in [1.165, 1.54) is 18.4 Å². The van der Waals surface area contributed by atoms with Gasteiger partial charge in [0.2, 0.25) is 0 Å². The lowest BCUT2D eigenvalue weighted by molar-refractivity contribution is 0.230. The molecule has 6 heteroatoms. The van der Waals surface area contributed by atoms with Gasteiger partial charge in [-0.1, -0.05) is 24.1 Å². The number of halogens is 1. The number of nitrogens with one attached hydrogen (secondary N) is 1. The lowest BCUT2D eigenvalue weighted by Gasteiger charge is -2.28. The molecule has 20 heavy (non-hydrogen) atoms. The molecule has 2 aliphatic heterocycles. The Morgan fingerprint density at radius 1 is 1.25 bits per heavy atom. The van der Waals surface area contributed by atoms with Crippen LogP contribution in [0, 0.1) is 0 Å². The van der Waals surface area contributed by atoms with Crippen LogP contribution in [-0.2, 0) is 9.84 Å². The van der Waals surface area contributed by atoms with Crippen LogP contribution in [0.1, 0.15) is 30.9 Å². The Morgan fingerprint density at radius 3 is 2.65 bits per heavy atom. The molecule has 1 aromatic carbocycles. The van der Waals surface area contributed by atoms with Crippen molar-refractivity contribution in [2.24, 2.45) is 0 Å². The van der Waals surface area contributed by atoms with Crippen molar-refractivity contribution < 1.29 is 13.2 Å². The molecule has 3 rings (SSSR count). The summed E-state index contributed by atoms with van der Waals surface area (Å²) in [7, 11) is -2.87. The molecule has 0 spiro atoms. The highest BCUT2D eigenvalue weighted by molar-refractivity contribution is 7.92. The maximum atomic E-state index is 11.1. The molecule has 0 saturated carbocycles. The quantitative estimate of drug-likeness (QED) is 0.930. The Kier molecular flexibility index (Phi) is 3.93. The molecule has 0 aromatic heterocycles. The van der Waals surface area contributed by atoms with E-state index in [2.05, 4.69) is 5.32 Å². The van der Waals surface area contributed by atoms with Crippen LogP contribution in [0.25, 0.3) is 0 Å². The first-order chi connectivity index (χ1) is 9.53. The lowest BCUT2D eigenvalue weighted by Crippen LogP contribution is -2.45. The molecule has 0 aliphatic carbocycles. The van der Waals surface area contributed by atoms with E-state index in [4.69, 9.17) is 16.3 Å². The fourth-order valence-electron chi connectivity index (χ4n) is 2.73. The summed E-state index contributed by atoms with van der Waals surface area (Å²) in [6, 6.07) is 6.14. The first-order valence-electron chi connectivity index (χ1n) is 6.93. The molecule has 110 valence electrons. The number of rotatable bonds is 3. The molecule has 1 N–H and O–H groups in total. The summed E-state index contributed by atoms with van der Waals surface area (Å²) in [6.45, 7) is 1.04. The highest BCUT2D eigenvalue weighted by atomic mass is 35.5. The summed E-state index contributed by atoms with van der Waals surface area (Å²) >= 11 is 6.24. The van der Waals surface area contributed by atoms with Gasteiger partial charge in [0, 0.05) is 6.04 Å². The van der Waals surface area contributed by atoms with Gasteiger partial charge in [-0.3, -0.25) is 0 Å². The second-order valence-corrected chi connectivity index (χ2v) is 8.07. The summed E-state index contributed by atoms with van der Waals surface area (Å²) in [6.07, 6.45) is 3.32. The van der Waals surface area contributed by atoms with Gasteiger partial charge >= 0.3 is 0 Å². The predicted octanol–water partition coefficient (Wildman–Crippen LogP) is 2.33. The summed E-state index contributed by atoms with van der Waals surface area (Å²) < 4.78 is 27.9. The molecule has 0 amide bonds. The molecule has 2 heterocycles. The van der Waals surface area contributed by atoms with Gasteiger partial charge in [-0.2, -0.15) is 0 Å². The van der Waals surface area contributed by atoms with Gasteiger partial charge in [0.25, 0.3) is 0 Å². The number of piperidine rings is 1. The molecule has 2 saturated heterocycles. The van der Waals surface area contributed by atoms with E-state index >= 15 is 0 Å². The minimum absolute atomic E-state index is 0.0925. The zero-order valence-corrected chi connectivity index (χ0v) is 12.7. The van der Waals surface area contributed by atoms with Gasteiger partial charge in [-0.15, -0.1) is 0 Å². The second-order valence-electron chi connectivity index (χ2n) is 5.51. The normalized spacial score (nSPS) is 25.9. The van der Waals surface area contributed by atoms with Crippen LogP contribution in [0.15, 0.2) is 18.2 Å². The highest BCUT2D eigenvalue weighted by Gasteiger charge is 2.35. The van der Waals surface area contributed by atoms with Gasteiger partial charge < -0.3 is 10.1 Å². The molecule has 4 nitrogen and oxygen atoms in total. The molecule has 1 aromatic rings. The highest BCUT2D eigenvalue weighted by Crippen LogP contribution is 2.32. The molecule has 1 unspecified atom stereocenters. The monoisotopic (exact) mass is 315 g/mol. The van der Waals surface area contributed by atoms with Crippen LogP contribution in [-0.4, -0.2) is 32.6 Å². The average molecular weight is 316 g/mol. The number of benzene rings is 1. The predicted molar refractivity (Wildman–Crippen MR) is 79.1 cm³/mol.